The molecule has 5 nitrogen and oxygen atoms in total. The van der Waals surface area contributed by atoms with Crippen LogP contribution in [0.4, 0.5) is 11.6 Å². The molecule has 1 heterocycles. The Labute approximate surface area is 122 Å². The first-order valence-corrected chi connectivity index (χ1v) is 7.42. The number of hydrogen-bond donors (Lipinski definition) is 2. The van der Waals surface area contributed by atoms with Gasteiger partial charge in [-0.1, -0.05) is 20.8 Å². The molecular formula is C15H28N4O. The van der Waals surface area contributed by atoms with Crippen LogP contribution in [-0.2, 0) is 10.2 Å². The summed E-state index contributed by atoms with van der Waals surface area (Å²) in [6.45, 7) is 13.7. The van der Waals surface area contributed by atoms with E-state index >= 15 is 0 Å². The summed E-state index contributed by atoms with van der Waals surface area (Å²) in [5.74, 6) is 2.60. The summed E-state index contributed by atoms with van der Waals surface area (Å²) in [4.78, 5) is 9.17. The Balaban J connectivity index is 2.71. The maximum atomic E-state index is 5.33. The highest BCUT2D eigenvalue weighted by atomic mass is 16.5. The molecule has 0 radical (unpaired) electrons. The predicted octanol–water partition coefficient (Wildman–Crippen LogP) is 3.04. The van der Waals surface area contributed by atoms with Gasteiger partial charge < -0.3 is 15.4 Å². The highest BCUT2D eigenvalue weighted by molar-refractivity contribution is 5.48. The molecule has 1 rings (SSSR count). The van der Waals surface area contributed by atoms with Gasteiger partial charge in [0.2, 0.25) is 0 Å². The van der Waals surface area contributed by atoms with E-state index in [1.807, 2.05) is 13.0 Å². The van der Waals surface area contributed by atoms with Crippen LogP contribution in [0, 0.1) is 0 Å². The molecule has 20 heavy (non-hydrogen) atoms. The molecule has 0 saturated carbocycles. The Kier molecular flexibility index (Phi) is 6.71. The quantitative estimate of drug-likeness (QED) is 0.717. The molecule has 0 saturated heterocycles. The van der Waals surface area contributed by atoms with Gasteiger partial charge in [0, 0.05) is 37.8 Å². The van der Waals surface area contributed by atoms with E-state index in [-0.39, 0.29) is 5.41 Å². The SMILES string of the molecule is CCNc1cc(NCCCOCC)nc(C(C)(C)C)n1. The highest BCUT2D eigenvalue weighted by Crippen LogP contribution is 2.22. The molecule has 2 N–H and O–H groups in total. The second kappa shape index (κ2) is 8.04. The zero-order chi connectivity index (χ0) is 15.0. The topological polar surface area (TPSA) is 59.1 Å². The van der Waals surface area contributed by atoms with E-state index in [1.165, 1.54) is 0 Å². The van der Waals surface area contributed by atoms with E-state index in [2.05, 4.69) is 48.3 Å². The lowest BCUT2D eigenvalue weighted by Crippen LogP contribution is -2.19. The maximum absolute atomic E-state index is 5.33. The molecule has 0 fully saturated rings. The van der Waals surface area contributed by atoms with Gasteiger partial charge in [0.05, 0.1) is 0 Å². The lowest BCUT2D eigenvalue weighted by molar-refractivity contribution is 0.147. The highest BCUT2D eigenvalue weighted by Gasteiger charge is 2.19. The second-order valence-electron chi connectivity index (χ2n) is 5.72. The van der Waals surface area contributed by atoms with Gasteiger partial charge in [0.1, 0.15) is 17.5 Å². The molecule has 0 aliphatic carbocycles. The van der Waals surface area contributed by atoms with E-state index in [9.17, 15) is 0 Å². The van der Waals surface area contributed by atoms with Gasteiger partial charge in [0.15, 0.2) is 0 Å². The van der Waals surface area contributed by atoms with Crippen molar-refractivity contribution in [2.75, 3.05) is 36.9 Å². The Morgan fingerprint density at radius 2 is 1.75 bits per heavy atom. The van der Waals surface area contributed by atoms with Crippen LogP contribution in [-0.4, -0.2) is 36.3 Å². The average molecular weight is 280 g/mol. The van der Waals surface area contributed by atoms with E-state index in [4.69, 9.17) is 4.74 Å². The van der Waals surface area contributed by atoms with E-state index in [0.717, 1.165) is 50.2 Å². The van der Waals surface area contributed by atoms with Crippen LogP contribution in [0.3, 0.4) is 0 Å². The Morgan fingerprint density at radius 3 is 2.30 bits per heavy atom. The monoisotopic (exact) mass is 280 g/mol. The van der Waals surface area contributed by atoms with Crippen LogP contribution in [0.2, 0.25) is 0 Å². The van der Waals surface area contributed by atoms with Crippen molar-refractivity contribution in [1.29, 1.82) is 0 Å². The van der Waals surface area contributed by atoms with Gasteiger partial charge in [0.25, 0.3) is 0 Å². The number of hydrogen-bond acceptors (Lipinski definition) is 5. The number of ether oxygens (including phenoxy) is 1. The molecule has 0 aromatic carbocycles. The molecular weight excluding hydrogens is 252 g/mol. The normalized spacial score (nSPS) is 11.4. The molecule has 0 aliphatic rings. The molecule has 5 heteroatoms. The molecule has 0 aliphatic heterocycles. The summed E-state index contributed by atoms with van der Waals surface area (Å²) in [6.07, 6.45) is 0.971. The number of nitrogens with zero attached hydrogens (tertiary/aromatic N) is 2. The first-order valence-electron chi connectivity index (χ1n) is 7.42. The summed E-state index contributed by atoms with van der Waals surface area (Å²) >= 11 is 0. The minimum Gasteiger partial charge on any atom is -0.382 e. The van der Waals surface area contributed by atoms with Gasteiger partial charge in [-0.2, -0.15) is 0 Å². The zero-order valence-corrected chi connectivity index (χ0v) is 13.4. The molecule has 1 aromatic rings. The first kappa shape index (κ1) is 16.7. The average Bonchev–Trinajstić information content (AvgIpc) is 2.38. The molecule has 114 valence electrons. The Hall–Kier alpha value is -1.36. The fourth-order valence-corrected chi connectivity index (χ4v) is 1.68. The van der Waals surface area contributed by atoms with Crippen LogP contribution >= 0.6 is 0 Å². The van der Waals surface area contributed by atoms with Crippen molar-refractivity contribution in [3.63, 3.8) is 0 Å². The van der Waals surface area contributed by atoms with Crippen LogP contribution in [0.5, 0.6) is 0 Å². The van der Waals surface area contributed by atoms with Gasteiger partial charge in [-0.15, -0.1) is 0 Å². The number of rotatable bonds is 8. The van der Waals surface area contributed by atoms with E-state index < -0.39 is 0 Å². The molecule has 0 atom stereocenters. The fourth-order valence-electron chi connectivity index (χ4n) is 1.68. The first-order chi connectivity index (χ1) is 9.47. The number of anilines is 2. The van der Waals surface area contributed by atoms with Crippen molar-refractivity contribution in [2.24, 2.45) is 0 Å². The van der Waals surface area contributed by atoms with Gasteiger partial charge >= 0.3 is 0 Å². The van der Waals surface area contributed by atoms with Crippen molar-refractivity contribution in [3.05, 3.63) is 11.9 Å². The molecule has 0 bridgehead atoms. The Morgan fingerprint density at radius 1 is 1.10 bits per heavy atom. The summed E-state index contributed by atoms with van der Waals surface area (Å²) in [5, 5.41) is 6.60. The smallest absolute Gasteiger partial charge is 0.138 e. The van der Waals surface area contributed by atoms with Crippen LogP contribution in [0.15, 0.2) is 6.07 Å². The lowest BCUT2D eigenvalue weighted by atomic mass is 9.96. The number of nitrogens with one attached hydrogen (secondary N) is 2. The molecule has 0 amide bonds. The maximum Gasteiger partial charge on any atom is 0.138 e. The summed E-state index contributed by atoms with van der Waals surface area (Å²) in [6, 6.07) is 1.96. The molecule has 1 aromatic heterocycles. The Bertz CT molecular complexity index is 401. The minimum absolute atomic E-state index is 0.0623. The van der Waals surface area contributed by atoms with Gasteiger partial charge in [-0.25, -0.2) is 9.97 Å². The summed E-state index contributed by atoms with van der Waals surface area (Å²) in [5.41, 5.74) is -0.0623. The zero-order valence-electron chi connectivity index (χ0n) is 13.4. The minimum atomic E-state index is -0.0623. The molecule has 0 spiro atoms. The van der Waals surface area contributed by atoms with E-state index in [0.29, 0.717) is 0 Å². The van der Waals surface area contributed by atoms with Crippen molar-refractivity contribution in [1.82, 2.24) is 9.97 Å². The summed E-state index contributed by atoms with van der Waals surface area (Å²) < 4.78 is 5.33. The van der Waals surface area contributed by atoms with Crippen molar-refractivity contribution in [2.45, 2.75) is 46.5 Å². The standard InChI is InChI=1S/C15H28N4O/c1-6-16-12-11-13(17-9-8-10-20-7-2)19-14(18-12)15(3,4)5/h11H,6-10H2,1-5H3,(H2,16,17,18,19). The van der Waals surface area contributed by atoms with Crippen LogP contribution in [0.1, 0.15) is 46.9 Å². The third-order valence-corrected chi connectivity index (χ3v) is 2.73. The molecule has 0 unspecified atom stereocenters. The lowest BCUT2D eigenvalue weighted by Gasteiger charge is -2.19. The fraction of sp³-hybridized carbons (Fsp3) is 0.733. The van der Waals surface area contributed by atoms with Gasteiger partial charge in [-0.3, -0.25) is 0 Å². The third kappa shape index (κ3) is 5.74. The van der Waals surface area contributed by atoms with Crippen molar-refractivity contribution < 1.29 is 4.74 Å². The van der Waals surface area contributed by atoms with Gasteiger partial charge in [-0.05, 0) is 20.3 Å². The van der Waals surface area contributed by atoms with Crippen LogP contribution in [0.25, 0.3) is 0 Å². The third-order valence-electron chi connectivity index (χ3n) is 2.73. The van der Waals surface area contributed by atoms with Crippen LogP contribution < -0.4 is 10.6 Å². The number of aromatic nitrogens is 2. The van der Waals surface area contributed by atoms with E-state index in [1.54, 1.807) is 0 Å². The second-order valence-corrected chi connectivity index (χ2v) is 5.72. The van der Waals surface area contributed by atoms with Crippen molar-refractivity contribution >= 4 is 11.6 Å². The van der Waals surface area contributed by atoms with Crippen molar-refractivity contribution in [3.8, 4) is 0 Å². The summed E-state index contributed by atoms with van der Waals surface area (Å²) in [7, 11) is 0. The predicted molar refractivity (Wildman–Crippen MR) is 84.5 cm³/mol. The largest absolute Gasteiger partial charge is 0.382 e.